The van der Waals surface area contributed by atoms with Crippen molar-refractivity contribution in [1.82, 2.24) is 4.98 Å². The summed E-state index contributed by atoms with van der Waals surface area (Å²) >= 11 is 0. The van der Waals surface area contributed by atoms with Crippen LogP contribution in [0.5, 0.6) is 5.75 Å². The van der Waals surface area contributed by atoms with Gasteiger partial charge in [-0.05, 0) is 31.2 Å². The van der Waals surface area contributed by atoms with E-state index in [1.54, 1.807) is 31.5 Å². The molecule has 20 heavy (non-hydrogen) atoms. The van der Waals surface area contributed by atoms with Crippen molar-refractivity contribution in [2.45, 2.75) is 17.9 Å². The number of primary sulfonamides is 1. The number of ether oxygens (including phenoxy) is 2. The minimum atomic E-state index is -3.80. The summed E-state index contributed by atoms with van der Waals surface area (Å²) in [5.74, 6) is 0.497. The van der Waals surface area contributed by atoms with Crippen molar-refractivity contribution < 1.29 is 17.9 Å². The van der Waals surface area contributed by atoms with E-state index >= 15 is 0 Å². The summed E-state index contributed by atoms with van der Waals surface area (Å²) in [6, 6.07) is 6.27. The normalized spacial score (nSPS) is 13.3. The summed E-state index contributed by atoms with van der Waals surface area (Å²) in [5, 5.41) is 5.64. The molecule has 1 aromatic heterocycles. The SMILES string of the molecule is COC(C)COc1ccc(S(N)(=O)=O)c2cccnc12. The van der Waals surface area contributed by atoms with Gasteiger partial charge in [-0.2, -0.15) is 0 Å². The van der Waals surface area contributed by atoms with Crippen molar-refractivity contribution in [3.8, 4) is 5.75 Å². The Bertz CT molecular complexity index is 715. The number of nitrogens with zero attached hydrogens (tertiary/aromatic N) is 1. The van der Waals surface area contributed by atoms with Crippen molar-refractivity contribution >= 4 is 20.9 Å². The van der Waals surface area contributed by atoms with Gasteiger partial charge >= 0.3 is 0 Å². The second-order valence-corrected chi connectivity index (χ2v) is 5.89. The zero-order valence-corrected chi connectivity index (χ0v) is 12.1. The maximum atomic E-state index is 11.6. The lowest BCUT2D eigenvalue weighted by atomic mass is 10.2. The average Bonchev–Trinajstić information content (AvgIpc) is 2.43. The molecule has 0 fully saturated rings. The summed E-state index contributed by atoms with van der Waals surface area (Å²) in [4.78, 5) is 4.21. The molecule has 1 unspecified atom stereocenters. The zero-order valence-electron chi connectivity index (χ0n) is 11.2. The molecule has 0 radical (unpaired) electrons. The molecule has 7 heteroatoms. The van der Waals surface area contributed by atoms with Crippen LogP contribution in [0.25, 0.3) is 10.9 Å². The minimum absolute atomic E-state index is 0.0349. The molecule has 0 amide bonds. The largest absolute Gasteiger partial charge is 0.489 e. The predicted molar refractivity (Wildman–Crippen MR) is 75.1 cm³/mol. The molecule has 0 saturated heterocycles. The monoisotopic (exact) mass is 296 g/mol. The van der Waals surface area contributed by atoms with Crippen molar-refractivity contribution in [3.63, 3.8) is 0 Å². The number of hydrogen-bond donors (Lipinski definition) is 1. The molecule has 0 aliphatic rings. The lowest BCUT2D eigenvalue weighted by Gasteiger charge is -2.13. The Morgan fingerprint density at radius 3 is 2.75 bits per heavy atom. The molecule has 0 aliphatic heterocycles. The third kappa shape index (κ3) is 3.06. The quantitative estimate of drug-likeness (QED) is 0.897. The first-order chi connectivity index (χ1) is 9.43. The summed E-state index contributed by atoms with van der Waals surface area (Å²) in [6.07, 6.45) is 1.49. The molecule has 0 bridgehead atoms. The maximum absolute atomic E-state index is 11.6. The van der Waals surface area contributed by atoms with E-state index in [4.69, 9.17) is 14.6 Å². The number of pyridine rings is 1. The van der Waals surface area contributed by atoms with Crippen LogP contribution in [-0.2, 0) is 14.8 Å². The Hall–Kier alpha value is -1.70. The van der Waals surface area contributed by atoms with Crippen LogP contribution >= 0.6 is 0 Å². The summed E-state index contributed by atoms with van der Waals surface area (Å²) in [6.45, 7) is 2.21. The number of aromatic nitrogens is 1. The molecule has 2 rings (SSSR count). The Morgan fingerprint density at radius 2 is 2.10 bits per heavy atom. The van der Waals surface area contributed by atoms with Crippen LogP contribution < -0.4 is 9.88 Å². The molecule has 0 spiro atoms. The molecule has 0 aliphatic carbocycles. The maximum Gasteiger partial charge on any atom is 0.238 e. The van der Waals surface area contributed by atoms with Gasteiger partial charge in [0.25, 0.3) is 0 Å². The van der Waals surface area contributed by atoms with E-state index < -0.39 is 10.0 Å². The van der Waals surface area contributed by atoms with Gasteiger partial charge in [0.1, 0.15) is 17.9 Å². The molecule has 1 atom stereocenters. The van der Waals surface area contributed by atoms with E-state index in [0.29, 0.717) is 23.3 Å². The third-order valence-electron chi connectivity index (χ3n) is 2.88. The first kappa shape index (κ1) is 14.7. The molecule has 6 nitrogen and oxygen atoms in total. The van der Waals surface area contributed by atoms with Crippen molar-refractivity contribution in [2.24, 2.45) is 5.14 Å². The van der Waals surface area contributed by atoms with Gasteiger partial charge < -0.3 is 9.47 Å². The zero-order chi connectivity index (χ0) is 14.8. The molecular weight excluding hydrogens is 280 g/mol. The van der Waals surface area contributed by atoms with E-state index in [1.165, 1.54) is 6.07 Å². The molecule has 1 aromatic carbocycles. The number of methoxy groups -OCH3 is 1. The second kappa shape index (κ2) is 5.74. The van der Waals surface area contributed by atoms with Crippen LogP contribution in [-0.4, -0.2) is 33.2 Å². The highest BCUT2D eigenvalue weighted by Gasteiger charge is 2.16. The fraction of sp³-hybridized carbons (Fsp3) is 0.308. The molecule has 2 aromatic rings. The smallest absolute Gasteiger partial charge is 0.238 e. The van der Waals surface area contributed by atoms with Crippen LogP contribution in [0, 0.1) is 0 Å². The summed E-state index contributed by atoms with van der Waals surface area (Å²) in [5.41, 5.74) is 0.460. The van der Waals surface area contributed by atoms with Gasteiger partial charge in [-0.1, -0.05) is 0 Å². The highest BCUT2D eigenvalue weighted by Crippen LogP contribution is 2.28. The first-order valence-electron chi connectivity index (χ1n) is 5.99. The highest BCUT2D eigenvalue weighted by molar-refractivity contribution is 7.89. The molecule has 2 N–H and O–H groups in total. The molecule has 0 saturated carbocycles. The fourth-order valence-electron chi connectivity index (χ4n) is 1.76. The molecule has 1 heterocycles. The molecule has 108 valence electrons. The van der Waals surface area contributed by atoms with E-state index in [9.17, 15) is 8.42 Å². The van der Waals surface area contributed by atoms with E-state index in [2.05, 4.69) is 4.98 Å². The van der Waals surface area contributed by atoms with Gasteiger partial charge in [0.2, 0.25) is 10.0 Å². The Balaban J connectivity index is 2.49. The topological polar surface area (TPSA) is 91.5 Å². The summed E-state index contributed by atoms with van der Waals surface area (Å²) < 4.78 is 33.8. The van der Waals surface area contributed by atoms with E-state index in [-0.39, 0.29) is 11.0 Å². The van der Waals surface area contributed by atoms with Crippen molar-refractivity contribution in [2.75, 3.05) is 13.7 Å². The van der Waals surface area contributed by atoms with Gasteiger partial charge in [-0.3, -0.25) is 4.98 Å². The van der Waals surface area contributed by atoms with Crippen LogP contribution in [0.2, 0.25) is 0 Å². The van der Waals surface area contributed by atoms with Gasteiger partial charge in [0.15, 0.2) is 0 Å². The third-order valence-corrected chi connectivity index (χ3v) is 3.84. The van der Waals surface area contributed by atoms with Gasteiger partial charge in [-0.25, -0.2) is 13.6 Å². The van der Waals surface area contributed by atoms with E-state index in [0.717, 1.165) is 0 Å². The van der Waals surface area contributed by atoms with Crippen LogP contribution in [0.3, 0.4) is 0 Å². The van der Waals surface area contributed by atoms with Gasteiger partial charge in [0.05, 0.1) is 11.0 Å². The first-order valence-corrected chi connectivity index (χ1v) is 7.54. The summed E-state index contributed by atoms with van der Waals surface area (Å²) in [7, 11) is -2.21. The standard InChI is InChI=1S/C13H16N2O4S/c1-9(18-2)8-19-11-5-6-12(20(14,16)17)10-4-3-7-15-13(10)11/h3-7,9H,8H2,1-2H3,(H2,14,16,17). The number of sulfonamides is 1. The lowest BCUT2D eigenvalue weighted by Crippen LogP contribution is -2.17. The van der Waals surface area contributed by atoms with Crippen LogP contribution in [0.15, 0.2) is 35.4 Å². The van der Waals surface area contributed by atoms with Crippen LogP contribution in [0.4, 0.5) is 0 Å². The number of hydrogen-bond acceptors (Lipinski definition) is 5. The molecular formula is C13H16N2O4S. The van der Waals surface area contributed by atoms with Gasteiger partial charge in [0, 0.05) is 18.7 Å². The minimum Gasteiger partial charge on any atom is -0.489 e. The Labute approximate surface area is 117 Å². The van der Waals surface area contributed by atoms with E-state index in [1.807, 2.05) is 6.92 Å². The lowest BCUT2D eigenvalue weighted by molar-refractivity contribution is 0.0721. The number of nitrogens with two attached hydrogens (primary N) is 1. The predicted octanol–water partition coefficient (Wildman–Crippen LogP) is 1.30. The Kier molecular flexibility index (Phi) is 4.22. The highest BCUT2D eigenvalue weighted by atomic mass is 32.2. The fourth-order valence-corrected chi connectivity index (χ4v) is 2.49. The second-order valence-electron chi connectivity index (χ2n) is 4.36. The number of benzene rings is 1. The Morgan fingerprint density at radius 1 is 1.35 bits per heavy atom. The van der Waals surface area contributed by atoms with Gasteiger partial charge in [-0.15, -0.1) is 0 Å². The average molecular weight is 296 g/mol. The number of rotatable bonds is 5. The number of fused-ring (bicyclic) bond motifs is 1. The van der Waals surface area contributed by atoms with Crippen molar-refractivity contribution in [3.05, 3.63) is 30.5 Å². The van der Waals surface area contributed by atoms with Crippen LogP contribution in [0.1, 0.15) is 6.92 Å². The van der Waals surface area contributed by atoms with Crippen molar-refractivity contribution in [1.29, 1.82) is 0 Å².